The van der Waals surface area contributed by atoms with Gasteiger partial charge in [0.1, 0.15) is 5.76 Å². The lowest BCUT2D eigenvalue weighted by Gasteiger charge is -2.22. The highest BCUT2D eigenvalue weighted by Crippen LogP contribution is 2.31. The summed E-state index contributed by atoms with van der Waals surface area (Å²) < 4.78 is 6.58. The largest absolute Gasteiger partial charge is 0.444 e. The van der Waals surface area contributed by atoms with E-state index in [2.05, 4.69) is 49.3 Å². The number of halogens is 1. The van der Waals surface area contributed by atoms with E-state index in [0.29, 0.717) is 6.54 Å². The van der Waals surface area contributed by atoms with Crippen LogP contribution in [0.2, 0.25) is 0 Å². The molecule has 1 aliphatic rings. The minimum absolute atomic E-state index is 0.602. The summed E-state index contributed by atoms with van der Waals surface area (Å²) in [6.45, 7) is 4.78. The average Bonchev–Trinajstić information content (AvgIpc) is 3.08. The van der Waals surface area contributed by atoms with Gasteiger partial charge >= 0.3 is 0 Å². The lowest BCUT2D eigenvalue weighted by molar-refractivity contribution is 0.479. The van der Waals surface area contributed by atoms with E-state index in [0.717, 1.165) is 34.9 Å². The molecule has 1 N–H and O–H groups in total. The third kappa shape index (κ3) is 2.98. The summed E-state index contributed by atoms with van der Waals surface area (Å²) in [4.78, 5) is 6.65. The molecule has 106 valence electrons. The second kappa shape index (κ2) is 5.87. The Balaban J connectivity index is 1.78. The fourth-order valence-corrected chi connectivity index (χ4v) is 2.90. The summed E-state index contributed by atoms with van der Waals surface area (Å²) in [5.41, 5.74) is 2.38. The van der Waals surface area contributed by atoms with E-state index < -0.39 is 0 Å². The third-order valence-corrected chi connectivity index (χ3v) is 4.00. The normalized spacial score (nSPS) is 14.8. The zero-order valence-corrected chi connectivity index (χ0v) is 13.1. The lowest BCUT2D eigenvalue weighted by atomic mass is 10.2. The molecule has 0 radical (unpaired) electrons. The molecule has 0 aliphatic carbocycles. The van der Waals surface area contributed by atoms with Crippen molar-refractivity contribution in [3.05, 3.63) is 40.5 Å². The van der Waals surface area contributed by atoms with Crippen LogP contribution in [0, 0.1) is 6.92 Å². The molecule has 1 aromatic carbocycles. The zero-order chi connectivity index (χ0) is 13.9. The zero-order valence-electron chi connectivity index (χ0n) is 11.5. The molecule has 0 spiro atoms. The molecule has 1 aromatic heterocycles. The Morgan fingerprint density at radius 2 is 2.15 bits per heavy atom. The molecule has 4 nitrogen and oxygen atoms in total. The minimum atomic E-state index is 0.602. The number of hydrogen-bond donors (Lipinski definition) is 1. The van der Waals surface area contributed by atoms with Crippen molar-refractivity contribution >= 4 is 27.3 Å². The van der Waals surface area contributed by atoms with E-state index in [4.69, 9.17) is 4.42 Å². The van der Waals surface area contributed by atoms with Gasteiger partial charge in [-0.3, -0.25) is 0 Å². The minimum Gasteiger partial charge on any atom is -0.444 e. The van der Waals surface area contributed by atoms with Crippen molar-refractivity contribution in [1.29, 1.82) is 0 Å². The van der Waals surface area contributed by atoms with E-state index in [1.807, 2.05) is 6.92 Å². The van der Waals surface area contributed by atoms with Crippen molar-refractivity contribution in [3.63, 3.8) is 0 Å². The molecule has 2 aromatic rings. The van der Waals surface area contributed by atoms with Crippen LogP contribution < -0.4 is 10.2 Å². The van der Waals surface area contributed by atoms with E-state index in [1.165, 1.54) is 18.5 Å². The van der Waals surface area contributed by atoms with Crippen LogP contribution in [0.1, 0.15) is 24.5 Å². The second-order valence-corrected chi connectivity index (χ2v) is 5.99. The van der Waals surface area contributed by atoms with Gasteiger partial charge in [0.15, 0.2) is 0 Å². The molecule has 20 heavy (non-hydrogen) atoms. The van der Waals surface area contributed by atoms with Crippen LogP contribution in [-0.2, 0) is 6.54 Å². The van der Waals surface area contributed by atoms with Crippen LogP contribution in [0.25, 0.3) is 0 Å². The lowest BCUT2D eigenvalue weighted by Crippen LogP contribution is -2.19. The van der Waals surface area contributed by atoms with Gasteiger partial charge in [-0.2, -0.15) is 0 Å². The molecule has 0 atom stereocenters. The maximum Gasteiger partial charge on any atom is 0.213 e. The average molecular weight is 336 g/mol. The fourth-order valence-electron chi connectivity index (χ4n) is 2.54. The molecule has 2 heterocycles. The molecule has 0 amide bonds. The highest BCUT2D eigenvalue weighted by atomic mass is 79.9. The SMILES string of the molecule is Cc1cnc(CNc2cc(Br)ccc2N2CCCC2)o1. The number of nitrogens with one attached hydrogen (secondary N) is 1. The number of benzene rings is 1. The Kier molecular flexibility index (Phi) is 3.96. The van der Waals surface area contributed by atoms with E-state index in [9.17, 15) is 0 Å². The number of aromatic nitrogens is 1. The molecule has 3 rings (SSSR count). The van der Waals surface area contributed by atoms with Gasteiger partial charge in [0.2, 0.25) is 5.89 Å². The first kappa shape index (κ1) is 13.5. The maximum atomic E-state index is 5.50. The van der Waals surface area contributed by atoms with E-state index >= 15 is 0 Å². The van der Waals surface area contributed by atoms with Gasteiger partial charge in [0, 0.05) is 17.6 Å². The molecule has 5 heteroatoms. The molecule has 0 bridgehead atoms. The Labute approximate surface area is 127 Å². The third-order valence-electron chi connectivity index (χ3n) is 3.50. The van der Waals surface area contributed by atoms with Gasteiger partial charge in [0.05, 0.1) is 24.1 Å². The van der Waals surface area contributed by atoms with Crippen molar-refractivity contribution < 1.29 is 4.42 Å². The van der Waals surface area contributed by atoms with Crippen LogP contribution in [-0.4, -0.2) is 18.1 Å². The molecule has 1 aliphatic heterocycles. The standard InChI is InChI=1S/C15H18BrN3O/c1-11-9-18-15(20-11)10-17-13-8-12(16)4-5-14(13)19-6-2-3-7-19/h4-5,8-9,17H,2-3,6-7,10H2,1H3. The first-order chi connectivity index (χ1) is 9.72. The van der Waals surface area contributed by atoms with Crippen molar-refractivity contribution in [1.82, 2.24) is 4.98 Å². The Morgan fingerprint density at radius 3 is 2.85 bits per heavy atom. The van der Waals surface area contributed by atoms with Gasteiger partial charge < -0.3 is 14.6 Å². The summed E-state index contributed by atoms with van der Waals surface area (Å²) in [7, 11) is 0. The first-order valence-corrected chi connectivity index (χ1v) is 7.71. The summed E-state index contributed by atoms with van der Waals surface area (Å²) in [5.74, 6) is 1.56. The maximum absolute atomic E-state index is 5.50. The van der Waals surface area contributed by atoms with Gasteiger partial charge in [-0.15, -0.1) is 0 Å². The van der Waals surface area contributed by atoms with Crippen LogP contribution in [0.4, 0.5) is 11.4 Å². The number of oxazole rings is 1. The summed E-state index contributed by atoms with van der Waals surface area (Å²) in [5, 5.41) is 3.43. The first-order valence-electron chi connectivity index (χ1n) is 6.92. The molecular weight excluding hydrogens is 318 g/mol. The molecular formula is C15H18BrN3O. The van der Waals surface area contributed by atoms with Gasteiger partial charge in [-0.25, -0.2) is 4.98 Å². The summed E-state index contributed by atoms with van der Waals surface area (Å²) >= 11 is 3.54. The van der Waals surface area contributed by atoms with Gasteiger partial charge in [-0.05, 0) is 38.0 Å². The highest BCUT2D eigenvalue weighted by Gasteiger charge is 2.16. The predicted molar refractivity (Wildman–Crippen MR) is 84.2 cm³/mol. The number of hydrogen-bond acceptors (Lipinski definition) is 4. The Morgan fingerprint density at radius 1 is 1.35 bits per heavy atom. The van der Waals surface area contributed by atoms with Gasteiger partial charge in [-0.1, -0.05) is 15.9 Å². The number of anilines is 2. The molecule has 0 saturated carbocycles. The van der Waals surface area contributed by atoms with E-state index in [-0.39, 0.29) is 0 Å². The van der Waals surface area contributed by atoms with Crippen molar-refractivity contribution in [2.24, 2.45) is 0 Å². The predicted octanol–water partition coefficient (Wildman–Crippen LogP) is 3.96. The van der Waals surface area contributed by atoms with Crippen LogP contribution in [0.15, 0.2) is 33.3 Å². The van der Waals surface area contributed by atoms with Crippen molar-refractivity contribution in [2.75, 3.05) is 23.3 Å². The topological polar surface area (TPSA) is 41.3 Å². The van der Waals surface area contributed by atoms with E-state index in [1.54, 1.807) is 6.20 Å². The monoisotopic (exact) mass is 335 g/mol. The van der Waals surface area contributed by atoms with Crippen LogP contribution >= 0.6 is 15.9 Å². The van der Waals surface area contributed by atoms with Crippen LogP contribution in [0.3, 0.4) is 0 Å². The Hall–Kier alpha value is -1.49. The van der Waals surface area contributed by atoms with Gasteiger partial charge in [0.25, 0.3) is 0 Å². The second-order valence-electron chi connectivity index (χ2n) is 5.07. The molecule has 1 fully saturated rings. The Bertz CT molecular complexity index is 591. The number of rotatable bonds is 4. The number of aryl methyl sites for hydroxylation is 1. The number of nitrogens with zero attached hydrogens (tertiary/aromatic N) is 2. The van der Waals surface area contributed by atoms with Crippen molar-refractivity contribution in [3.8, 4) is 0 Å². The van der Waals surface area contributed by atoms with Crippen LogP contribution in [0.5, 0.6) is 0 Å². The quantitative estimate of drug-likeness (QED) is 0.918. The van der Waals surface area contributed by atoms with Crippen molar-refractivity contribution in [2.45, 2.75) is 26.3 Å². The molecule has 1 saturated heterocycles. The molecule has 0 unspecified atom stereocenters. The summed E-state index contributed by atoms with van der Waals surface area (Å²) in [6, 6.07) is 6.37. The smallest absolute Gasteiger partial charge is 0.213 e. The summed E-state index contributed by atoms with van der Waals surface area (Å²) in [6.07, 6.45) is 4.29. The highest BCUT2D eigenvalue weighted by molar-refractivity contribution is 9.10. The fraction of sp³-hybridized carbons (Fsp3) is 0.400.